The summed E-state index contributed by atoms with van der Waals surface area (Å²) in [5.41, 5.74) is 1.43. The Morgan fingerprint density at radius 1 is 1.10 bits per heavy atom. The number of ether oxygens (including phenoxy) is 1. The number of urea groups is 1. The number of nitrogens with zero attached hydrogens (tertiary/aromatic N) is 4. The number of benzene rings is 1. The number of carboxylic acids is 1. The van der Waals surface area contributed by atoms with Crippen molar-refractivity contribution in [2.45, 2.75) is 12.6 Å². The maximum absolute atomic E-state index is 13.4. The highest BCUT2D eigenvalue weighted by atomic mass is 35.5. The molecule has 8 nitrogen and oxygen atoms in total. The van der Waals surface area contributed by atoms with Gasteiger partial charge in [-0.2, -0.15) is 0 Å². The number of rotatable bonds is 5. The number of hydrogen-bond donors (Lipinski definition) is 1. The van der Waals surface area contributed by atoms with Gasteiger partial charge in [-0.05, 0) is 36.4 Å². The molecule has 2 saturated heterocycles. The summed E-state index contributed by atoms with van der Waals surface area (Å²) in [7, 11) is 0. The van der Waals surface area contributed by atoms with Crippen molar-refractivity contribution in [2.75, 3.05) is 44.3 Å². The predicted molar refractivity (Wildman–Crippen MR) is 112 cm³/mol. The van der Waals surface area contributed by atoms with E-state index in [1.807, 2.05) is 4.90 Å². The Kier molecular flexibility index (Phi) is 6.17. The van der Waals surface area contributed by atoms with Gasteiger partial charge in [0, 0.05) is 43.1 Å². The van der Waals surface area contributed by atoms with Crippen molar-refractivity contribution >= 4 is 29.3 Å². The molecule has 0 unspecified atom stereocenters. The molecule has 2 amide bonds. The fraction of sp³-hybridized carbons (Fsp3) is 0.381. The smallest absolute Gasteiger partial charge is 0.337 e. The minimum absolute atomic E-state index is 0.106. The number of halogens is 1. The molecule has 1 N–H and O–H groups in total. The standard InChI is InChI=1S/C21H23ClN4O4/c22-16-2-5-18(6-3-16)26(12-17-4-1-15(11-23-17)20(27)28)21(29)25-9-7-24(8-10-25)19-13-30-14-19/h1-6,11,19H,7-10,12-14H2,(H,27,28). The second kappa shape index (κ2) is 8.99. The summed E-state index contributed by atoms with van der Waals surface area (Å²) in [5, 5.41) is 9.66. The van der Waals surface area contributed by atoms with Gasteiger partial charge in [0.15, 0.2) is 0 Å². The van der Waals surface area contributed by atoms with Gasteiger partial charge in [0.25, 0.3) is 0 Å². The van der Waals surface area contributed by atoms with Crippen molar-refractivity contribution in [2.24, 2.45) is 0 Å². The molecule has 2 aromatic rings. The zero-order chi connectivity index (χ0) is 21.1. The van der Waals surface area contributed by atoms with Gasteiger partial charge in [0.05, 0.1) is 37.1 Å². The summed E-state index contributed by atoms with van der Waals surface area (Å²) in [4.78, 5) is 34.5. The number of amides is 2. The minimum atomic E-state index is -1.03. The van der Waals surface area contributed by atoms with Gasteiger partial charge in [0.2, 0.25) is 0 Å². The number of carbonyl (C=O) groups is 2. The van der Waals surface area contributed by atoms with Crippen LogP contribution in [-0.4, -0.2) is 77.3 Å². The Morgan fingerprint density at radius 3 is 2.33 bits per heavy atom. The number of aromatic nitrogens is 1. The predicted octanol–water partition coefficient (Wildman–Crippen LogP) is 2.58. The quantitative estimate of drug-likeness (QED) is 0.784. The van der Waals surface area contributed by atoms with Gasteiger partial charge in [-0.3, -0.25) is 14.8 Å². The van der Waals surface area contributed by atoms with E-state index in [1.54, 1.807) is 35.2 Å². The molecule has 1 aromatic carbocycles. The average molecular weight is 431 g/mol. The van der Waals surface area contributed by atoms with Crippen molar-refractivity contribution in [3.63, 3.8) is 0 Å². The summed E-state index contributed by atoms with van der Waals surface area (Å²) in [6.45, 7) is 4.69. The summed E-state index contributed by atoms with van der Waals surface area (Å²) < 4.78 is 5.27. The van der Waals surface area contributed by atoms with E-state index in [0.29, 0.717) is 35.5 Å². The number of piperazine rings is 1. The molecule has 1 aromatic heterocycles. The van der Waals surface area contributed by atoms with Crippen LogP contribution < -0.4 is 4.90 Å². The highest BCUT2D eigenvalue weighted by Crippen LogP contribution is 2.23. The van der Waals surface area contributed by atoms with Crippen molar-refractivity contribution in [1.82, 2.24) is 14.8 Å². The molecule has 2 aliphatic heterocycles. The van der Waals surface area contributed by atoms with Crippen LogP contribution in [0.3, 0.4) is 0 Å². The lowest BCUT2D eigenvalue weighted by atomic mass is 10.2. The van der Waals surface area contributed by atoms with Crippen LogP contribution in [0.1, 0.15) is 16.1 Å². The zero-order valence-corrected chi connectivity index (χ0v) is 17.2. The molecule has 30 heavy (non-hydrogen) atoms. The van der Waals surface area contributed by atoms with Crippen LogP contribution in [0.5, 0.6) is 0 Å². The van der Waals surface area contributed by atoms with E-state index in [2.05, 4.69) is 9.88 Å². The molecule has 158 valence electrons. The minimum Gasteiger partial charge on any atom is -0.478 e. The van der Waals surface area contributed by atoms with Crippen LogP contribution in [0.4, 0.5) is 10.5 Å². The van der Waals surface area contributed by atoms with Crippen LogP contribution in [0, 0.1) is 0 Å². The number of aromatic carboxylic acids is 1. The highest BCUT2D eigenvalue weighted by molar-refractivity contribution is 6.30. The maximum atomic E-state index is 13.4. The maximum Gasteiger partial charge on any atom is 0.337 e. The SMILES string of the molecule is O=C(O)c1ccc(CN(C(=O)N2CCN(C3COC3)CC2)c2ccc(Cl)cc2)nc1. The molecule has 0 atom stereocenters. The number of pyridine rings is 1. The molecule has 0 radical (unpaired) electrons. The average Bonchev–Trinajstić information content (AvgIpc) is 2.72. The second-order valence-electron chi connectivity index (χ2n) is 7.40. The van der Waals surface area contributed by atoms with E-state index in [0.717, 1.165) is 26.3 Å². The van der Waals surface area contributed by atoms with E-state index in [1.165, 1.54) is 12.3 Å². The lowest BCUT2D eigenvalue weighted by Crippen LogP contribution is -2.59. The number of carbonyl (C=O) groups excluding carboxylic acids is 1. The number of carboxylic acid groups (broad SMARTS) is 1. The van der Waals surface area contributed by atoms with Crippen molar-refractivity contribution in [3.8, 4) is 0 Å². The second-order valence-corrected chi connectivity index (χ2v) is 7.84. The van der Waals surface area contributed by atoms with Gasteiger partial charge in [-0.25, -0.2) is 9.59 Å². The molecule has 2 fully saturated rings. The van der Waals surface area contributed by atoms with E-state index in [-0.39, 0.29) is 18.1 Å². The van der Waals surface area contributed by atoms with Crippen molar-refractivity contribution in [1.29, 1.82) is 0 Å². The molecule has 0 saturated carbocycles. The Balaban J connectivity index is 1.50. The van der Waals surface area contributed by atoms with Gasteiger partial charge in [-0.1, -0.05) is 11.6 Å². The highest BCUT2D eigenvalue weighted by Gasteiger charge is 2.32. The number of anilines is 1. The third-order valence-corrected chi connectivity index (χ3v) is 5.73. The van der Waals surface area contributed by atoms with Gasteiger partial charge in [-0.15, -0.1) is 0 Å². The first-order valence-electron chi connectivity index (χ1n) is 9.83. The molecular weight excluding hydrogens is 408 g/mol. The molecule has 0 spiro atoms. The van der Waals surface area contributed by atoms with Crippen molar-refractivity contribution < 1.29 is 19.4 Å². The first kappa shape index (κ1) is 20.6. The van der Waals surface area contributed by atoms with E-state index in [4.69, 9.17) is 21.4 Å². The summed E-state index contributed by atoms with van der Waals surface area (Å²) in [6.07, 6.45) is 1.31. The normalized spacial score (nSPS) is 17.4. The van der Waals surface area contributed by atoms with Crippen LogP contribution in [0.2, 0.25) is 5.02 Å². The topological polar surface area (TPSA) is 86.2 Å². The van der Waals surface area contributed by atoms with E-state index < -0.39 is 5.97 Å². The summed E-state index contributed by atoms with van der Waals surface area (Å²) in [6, 6.07) is 10.6. The van der Waals surface area contributed by atoms with Gasteiger partial charge < -0.3 is 14.7 Å². The monoisotopic (exact) mass is 430 g/mol. The third kappa shape index (κ3) is 4.56. The first-order valence-corrected chi connectivity index (χ1v) is 10.2. The first-order chi connectivity index (χ1) is 14.5. The molecule has 0 aliphatic carbocycles. The van der Waals surface area contributed by atoms with E-state index in [9.17, 15) is 9.59 Å². The van der Waals surface area contributed by atoms with Gasteiger partial charge in [0.1, 0.15) is 0 Å². The lowest BCUT2D eigenvalue weighted by molar-refractivity contribution is -0.0738. The Bertz CT molecular complexity index is 894. The fourth-order valence-corrected chi connectivity index (χ4v) is 3.71. The van der Waals surface area contributed by atoms with Crippen LogP contribution in [0.15, 0.2) is 42.6 Å². The summed E-state index contributed by atoms with van der Waals surface area (Å²) in [5.74, 6) is -1.03. The molecule has 2 aliphatic rings. The Morgan fingerprint density at radius 2 is 1.80 bits per heavy atom. The molecule has 4 rings (SSSR count). The third-order valence-electron chi connectivity index (χ3n) is 5.48. The lowest BCUT2D eigenvalue weighted by Gasteiger charge is -2.43. The van der Waals surface area contributed by atoms with Gasteiger partial charge >= 0.3 is 12.0 Å². The molecule has 0 bridgehead atoms. The van der Waals surface area contributed by atoms with E-state index >= 15 is 0 Å². The summed E-state index contributed by atoms with van der Waals surface area (Å²) >= 11 is 6.02. The van der Waals surface area contributed by atoms with Crippen LogP contribution >= 0.6 is 11.6 Å². The zero-order valence-electron chi connectivity index (χ0n) is 16.4. The number of hydrogen-bond acceptors (Lipinski definition) is 5. The molecule has 9 heteroatoms. The largest absolute Gasteiger partial charge is 0.478 e. The molecular formula is C21H23ClN4O4. The Hall–Kier alpha value is -2.68. The van der Waals surface area contributed by atoms with Crippen LogP contribution in [-0.2, 0) is 11.3 Å². The Labute approximate surface area is 179 Å². The van der Waals surface area contributed by atoms with Crippen LogP contribution in [0.25, 0.3) is 0 Å². The van der Waals surface area contributed by atoms with Crippen molar-refractivity contribution in [3.05, 3.63) is 58.9 Å². The molecule has 3 heterocycles. The fourth-order valence-electron chi connectivity index (χ4n) is 3.58.